The Labute approximate surface area is 215 Å². The summed E-state index contributed by atoms with van der Waals surface area (Å²) in [6.45, 7) is 0. The second-order valence-corrected chi connectivity index (χ2v) is 9.72. The quantitative estimate of drug-likeness (QED) is 0.273. The molecule has 6 aromatic rings. The SMILES string of the molecule is c1ccc(-c2nn(-c3ccccc3)/c(=N\N=c3\sc(-c4ccccc4)nn3-c3ccccc3)s2)cc1. The zero-order chi connectivity index (χ0) is 24.2. The molecule has 0 saturated heterocycles. The summed E-state index contributed by atoms with van der Waals surface area (Å²) in [6, 6.07) is 40.2. The number of nitrogens with zero attached hydrogens (tertiary/aromatic N) is 6. The van der Waals surface area contributed by atoms with Crippen molar-refractivity contribution in [2.75, 3.05) is 0 Å². The molecule has 0 unspecified atom stereocenters. The van der Waals surface area contributed by atoms with Crippen molar-refractivity contribution in [1.29, 1.82) is 0 Å². The minimum Gasteiger partial charge on any atom is -0.203 e. The Kier molecular flexibility index (Phi) is 6.18. The summed E-state index contributed by atoms with van der Waals surface area (Å²) >= 11 is 3.00. The highest BCUT2D eigenvalue weighted by Gasteiger charge is 2.11. The molecule has 36 heavy (non-hydrogen) atoms. The fourth-order valence-corrected chi connectivity index (χ4v) is 5.38. The van der Waals surface area contributed by atoms with Gasteiger partial charge >= 0.3 is 0 Å². The van der Waals surface area contributed by atoms with E-state index < -0.39 is 0 Å². The average molecular weight is 505 g/mol. The van der Waals surface area contributed by atoms with Gasteiger partial charge in [0.25, 0.3) is 0 Å². The zero-order valence-corrected chi connectivity index (χ0v) is 20.7. The van der Waals surface area contributed by atoms with Gasteiger partial charge in [-0.25, -0.2) is 9.36 Å². The van der Waals surface area contributed by atoms with E-state index in [0.29, 0.717) is 9.60 Å². The zero-order valence-electron chi connectivity index (χ0n) is 19.0. The lowest BCUT2D eigenvalue weighted by molar-refractivity contribution is 0.793. The third kappa shape index (κ3) is 4.59. The smallest absolute Gasteiger partial charge is 0.203 e. The van der Waals surface area contributed by atoms with Crippen LogP contribution in [0.25, 0.3) is 32.5 Å². The molecule has 0 radical (unpaired) electrons. The Morgan fingerprint density at radius 2 is 0.778 bits per heavy atom. The van der Waals surface area contributed by atoms with Gasteiger partial charge in [-0.3, -0.25) is 0 Å². The minimum atomic E-state index is 0.675. The van der Waals surface area contributed by atoms with E-state index >= 15 is 0 Å². The van der Waals surface area contributed by atoms with Crippen molar-refractivity contribution in [3.05, 3.63) is 131 Å². The van der Waals surface area contributed by atoms with Crippen molar-refractivity contribution in [3.63, 3.8) is 0 Å². The standard InChI is InChI=1S/C28H20N6S2/c1-5-13-21(14-6-1)25-31-33(23-17-9-3-10-18-23)27(35-25)29-30-28-34(24-19-11-4-12-20-24)32-26(36-28)22-15-7-2-8-16-22/h1-20H/b29-27+,30-28+. The number of hydrogen-bond donors (Lipinski definition) is 0. The molecule has 6 nitrogen and oxygen atoms in total. The molecule has 174 valence electrons. The van der Waals surface area contributed by atoms with Crippen LogP contribution in [0.5, 0.6) is 0 Å². The lowest BCUT2D eigenvalue weighted by Crippen LogP contribution is -2.17. The van der Waals surface area contributed by atoms with Gasteiger partial charge in [0.2, 0.25) is 9.60 Å². The third-order valence-corrected chi connectivity index (χ3v) is 7.28. The van der Waals surface area contributed by atoms with Crippen molar-refractivity contribution in [2.45, 2.75) is 0 Å². The molecule has 0 saturated carbocycles. The molecule has 0 amide bonds. The molecule has 0 bridgehead atoms. The largest absolute Gasteiger partial charge is 0.233 e. The molecule has 0 aliphatic carbocycles. The van der Waals surface area contributed by atoms with E-state index in [1.54, 1.807) is 0 Å². The number of hydrogen-bond acceptors (Lipinski definition) is 6. The highest BCUT2D eigenvalue weighted by atomic mass is 32.1. The maximum Gasteiger partial charge on any atom is 0.233 e. The predicted molar refractivity (Wildman–Crippen MR) is 145 cm³/mol. The predicted octanol–water partition coefficient (Wildman–Crippen LogP) is 5.93. The lowest BCUT2D eigenvalue weighted by atomic mass is 10.2. The van der Waals surface area contributed by atoms with E-state index in [9.17, 15) is 0 Å². The van der Waals surface area contributed by atoms with Crippen molar-refractivity contribution in [3.8, 4) is 32.5 Å². The van der Waals surface area contributed by atoms with Crippen LogP contribution < -0.4 is 9.60 Å². The first-order valence-electron chi connectivity index (χ1n) is 11.3. The molecule has 0 atom stereocenters. The van der Waals surface area contributed by atoms with E-state index in [2.05, 4.69) is 10.2 Å². The van der Waals surface area contributed by atoms with Crippen molar-refractivity contribution < 1.29 is 0 Å². The molecule has 6 rings (SSSR count). The Morgan fingerprint density at radius 1 is 0.444 bits per heavy atom. The monoisotopic (exact) mass is 504 g/mol. The first-order valence-corrected chi connectivity index (χ1v) is 13.0. The van der Waals surface area contributed by atoms with Crippen LogP contribution in [0.3, 0.4) is 0 Å². The molecule has 0 aliphatic heterocycles. The Morgan fingerprint density at radius 3 is 1.14 bits per heavy atom. The molecule has 2 heterocycles. The molecule has 8 heteroatoms. The fourth-order valence-electron chi connectivity index (χ4n) is 3.65. The topological polar surface area (TPSA) is 60.4 Å². The van der Waals surface area contributed by atoms with E-state index in [1.165, 1.54) is 22.7 Å². The number of benzene rings is 4. The minimum absolute atomic E-state index is 0.675. The van der Waals surface area contributed by atoms with Gasteiger partial charge in [0.15, 0.2) is 0 Å². The van der Waals surface area contributed by atoms with E-state index in [0.717, 1.165) is 32.5 Å². The normalized spacial score (nSPS) is 12.2. The van der Waals surface area contributed by atoms with Crippen molar-refractivity contribution >= 4 is 22.7 Å². The van der Waals surface area contributed by atoms with Crippen LogP contribution in [-0.2, 0) is 0 Å². The van der Waals surface area contributed by atoms with Crippen LogP contribution in [-0.4, -0.2) is 19.6 Å². The molecule has 0 spiro atoms. The Balaban J connectivity index is 1.54. The lowest BCUT2D eigenvalue weighted by Gasteiger charge is -2.00. The van der Waals surface area contributed by atoms with Gasteiger partial charge in [0, 0.05) is 11.1 Å². The first kappa shape index (κ1) is 22.1. The molecular weight excluding hydrogens is 484 g/mol. The molecule has 4 aromatic carbocycles. The summed E-state index contributed by atoms with van der Waals surface area (Å²) < 4.78 is 3.67. The van der Waals surface area contributed by atoms with Crippen LogP contribution in [0, 0.1) is 0 Å². The van der Waals surface area contributed by atoms with E-state index in [-0.39, 0.29) is 0 Å². The molecule has 2 aromatic heterocycles. The summed E-state index contributed by atoms with van der Waals surface area (Å²) in [5.41, 5.74) is 3.93. The summed E-state index contributed by atoms with van der Waals surface area (Å²) in [7, 11) is 0. The van der Waals surface area contributed by atoms with Gasteiger partial charge in [0.05, 0.1) is 11.4 Å². The van der Waals surface area contributed by atoms with Crippen LogP contribution >= 0.6 is 22.7 Å². The van der Waals surface area contributed by atoms with Gasteiger partial charge in [-0.1, -0.05) is 120 Å². The number of para-hydroxylation sites is 2. The Bertz CT molecular complexity index is 1580. The Hall–Kier alpha value is -4.40. The summed E-state index contributed by atoms with van der Waals surface area (Å²) in [5.74, 6) is 0. The summed E-state index contributed by atoms with van der Waals surface area (Å²) in [4.78, 5) is 1.35. The summed E-state index contributed by atoms with van der Waals surface area (Å²) in [5, 5.41) is 20.8. The number of rotatable bonds is 5. The maximum atomic E-state index is 4.86. The van der Waals surface area contributed by atoms with Gasteiger partial charge in [0.1, 0.15) is 10.0 Å². The van der Waals surface area contributed by atoms with Crippen LogP contribution in [0.2, 0.25) is 0 Å². The van der Waals surface area contributed by atoms with Crippen molar-refractivity contribution in [2.24, 2.45) is 10.2 Å². The molecule has 0 N–H and O–H groups in total. The molecular formula is C28H20N6S2. The highest BCUT2D eigenvalue weighted by Crippen LogP contribution is 2.21. The second-order valence-electron chi connectivity index (χ2n) is 7.81. The van der Waals surface area contributed by atoms with Gasteiger partial charge in [-0.2, -0.15) is 10.2 Å². The van der Waals surface area contributed by atoms with Gasteiger partial charge in [-0.05, 0) is 24.3 Å². The molecule has 0 aliphatic rings. The van der Waals surface area contributed by atoms with Crippen LogP contribution in [0.1, 0.15) is 0 Å². The average Bonchev–Trinajstić information content (AvgIpc) is 3.59. The maximum absolute atomic E-state index is 4.86. The third-order valence-electron chi connectivity index (χ3n) is 5.38. The van der Waals surface area contributed by atoms with E-state index in [4.69, 9.17) is 10.2 Å². The summed E-state index contributed by atoms with van der Waals surface area (Å²) in [6.07, 6.45) is 0. The highest BCUT2D eigenvalue weighted by molar-refractivity contribution is 7.12. The number of aromatic nitrogens is 4. The van der Waals surface area contributed by atoms with Crippen molar-refractivity contribution in [1.82, 2.24) is 19.6 Å². The molecule has 0 fully saturated rings. The van der Waals surface area contributed by atoms with E-state index in [1.807, 2.05) is 131 Å². The van der Waals surface area contributed by atoms with Gasteiger partial charge < -0.3 is 0 Å². The van der Waals surface area contributed by atoms with Crippen LogP contribution in [0.15, 0.2) is 132 Å². The van der Waals surface area contributed by atoms with Crippen LogP contribution in [0.4, 0.5) is 0 Å². The first-order chi connectivity index (χ1) is 17.8. The van der Waals surface area contributed by atoms with Gasteiger partial charge in [-0.15, -0.1) is 10.2 Å². The second kappa shape index (κ2) is 10.1. The fraction of sp³-hybridized carbons (Fsp3) is 0.